The molecule has 2 aliphatic heterocycles. The zero-order valence-electron chi connectivity index (χ0n) is 13.6. The zero-order valence-corrected chi connectivity index (χ0v) is 13.6. The summed E-state index contributed by atoms with van der Waals surface area (Å²) < 4.78 is 0. The Kier molecular flexibility index (Phi) is 4.06. The minimum Gasteiger partial charge on any atom is -0.383 e. The lowest BCUT2D eigenvalue weighted by molar-refractivity contribution is 0.460. The number of nitrogens with one attached hydrogen (secondary N) is 2. The van der Waals surface area contributed by atoms with Crippen molar-refractivity contribution in [3.8, 4) is 6.19 Å². The smallest absolute Gasteiger partial charge is 0.179 e. The van der Waals surface area contributed by atoms with Crippen molar-refractivity contribution >= 4 is 5.69 Å². The molecular formula is C19H21N5. The summed E-state index contributed by atoms with van der Waals surface area (Å²) in [4.78, 5) is 6.49. The molecule has 1 aromatic carbocycles. The van der Waals surface area contributed by atoms with Crippen LogP contribution in [0.1, 0.15) is 29.3 Å². The number of hydrogen-bond donors (Lipinski definition) is 2. The Morgan fingerprint density at radius 2 is 2.21 bits per heavy atom. The van der Waals surface area contributed by atoms with Gasteiger partial charge < -0.3 is 15.5 Å². The van der Waals surface area contributed by atoms with E-state index in [4.69, 9.17) is 5.26 Å². The van der Waals surface area contributed by atoms with Crippen molar-refractivity contribution in [3.05, 3.63) is 59.4 Å². The molecule has 2 unspecified atom stereocenters. The molecule has 0 bridgehead atoms. The van der Waals surface area contributed by atoms with Gasteiger partial charge in [-0.3, -0.25) is 4.98 Å². The second-order valence-corrected chi connectivity index (χ2v) is 6.53. The molecule has 2 aliphatic rings. The third-order valence-electron chi connectivity index (χ3n) is 4.98. The fourth-order valence-electron chi connectivity index (χ4n) is 3.68. The molecule has 5 heteroatoms. The van der Waals surface area contributed by atoms with Gasteiger partial charge in [-0.2, -0.15) is 5.26 Å². The molecule has 2 aromatic rings. The molecule has 3 heterocycles. The molecule has 0 spiro atoms. The topological polar surface area (TPSA) is 64.0 Å². The van der Waals surface area contributed by atoms with Gasteiger partial charge in [0.05, 0.1) is 17.4 Å². The van der Waals surface area contributed by atoms with Crippen LogP contribution in [0.4, 0.5) is 5.69 Å². The van der Waals surface area contributed by atoms with Crippen LogP contribution in [-0.4, -0.2) is 29.5 Å². The van der Waals surface area contributed by atoms with Gasteiger partial charge in [0.1, 0.15) is 0 Å². The van der Waals surface area contributed by atoms with Crippen LogP contribution in [0.2, 0.25) is 0 Å². The third-order valence-corrected chi connectivity index (χ3v) is 4.98. The van der Waals surface area contributed by atoms with Crippen molar-refractivity contribution in [1.29, 1.82) is 5.26 Å². The Morgan fingerprint density at radius 1 is 1.29 bits per heavy atom. The van der Waals surface area contributed by atoms with Crippen LogP contribution >= 0.6 is 0 Å². The van der Waals surface area contributed by atoms with Crippen LogP contribution in [0.5, 0.6) is 0 Å². The number of pyridine rings is 1. The maximum absolute atomic E-state index is 8.99. The molecule has 1 saturated heterocycles. The van der Waals surface area contributed by atoms with Crippen molar-refractivity contribution in [2.24, 2.45) is 5.92 Å². The first-order valence-corrected chi connectivity index (χ1v) is 8.50. The Bertz CT molecular complexity index is 766. The van der Waals surface area contributed by atoms with Gasteiger partial charge in [0, 0.05) is 32.4 Å². The van der Waals surface area contributed by atoms with E-state index in [9.17, 15) is 0 Å². The van der Waals surface area contributed by atoms with Gasteiger partial charge >= 0.3 is 0 Å². The number of anilines is 1. The highest BCUT2D eigenvalue weighted by Crippen LogP contribution is 2.33. The van der Waals surface area contributed by atoms with Gasteiger partial charge in [-0.15, -0.1) is 0 Å². The summed E-state index contributed by atoms with van der Waals surface area (Å²) in [6.07, 6.45) is 5.17. The lowest BCUT2D eigenvalue weighted by Gasteiger charge is -2.18. The summed E-state index contributed by atoms with van der Waals surface area (Å²) in [6, 6.07) is 12.7. The molecule has 5 nitrogen and oxygen atoms in total. The third kappa shape index (κ3) is 2.81. The molecule has 2 N–H and O–H groups in total. The molecule has 0 saturated carbocycles. The van der Waals surface area contributed by atoms with Crippen LogP contribution in [0.3, 0.4) is 0 Å². The summed E-state index contributed by atoms with van der Waals surface area (Å²) in [6.45, 7) is 3.49. The van der Waals surface area contributed by atoms with Crippen molar-refractivity contribution in [2.45, 2.75) is 19.0 Å². The molecule has 0 aliphatic carbocycles. The van der Waals surface area contributed by atoms with E-state index in [0.29, 0.717) is 5.92 Å². The molecule has 1 aromatic heterocycles. The van der Waals surface area contributed by atoms with E-state index in [0.717, 1.165) is 44.0 Å². The molecule has 4 rings (SSSR count). The maximum atomic E-state index is 8.99. The highest BCUT2D eigenvalue weighted by molar-refractivity contribution is 5.53. The number of aromatic nitrogens is 1. The van der Waals surface area contributed by atoms with Crippen molar-refractivity contribution in [3.63, 3.8) is 0 Å². The van der Waals surface area contributed by atoms with Crippen molar-refractivity contribution in [1.82, 2.24) is 15.2 Å². The van der Waals surface area contributed by atoms with Crippen molar-refractivity contribution < 1.29 is 0 Å². The molecule has 24 heavy (non-hydrogen) atoms. The molecular weight excluding hydrogens is 298 g/mol. The number of rotatable bonds is 4. The van der Waals surface area contributed by atoms with Crippen LogP contribution in [0.25, 0.3) is 0 Å². The van der Waals surface area contributed by atoms with E-state index >= 15 is 0 Å². The normalized spacial score (nSPS) is 22.2. The van der Waals surface area contributed by atoms with Crippen molar-refractivity contribution in [2.75, 3.05) is 25.0 Å². The molecule has 122 valence electrons. The quantitative estimate of drug-likeness (QED) is 0.848. The monoisotopic (exact) mass is 319 g/mol. The first-order valence-electron chi connectivity index (χ1n) is 8.50. The number of nitriles is 1. The summed E-state index contributed by atoms with van der Waals surface area (Å²) in [5, 5.41) is 16.1. The predicted molar refractivity (Wildman–Crippen MR) is 93.1 cm³/mol. The molecule has 0 radical (unpaired) electrons. The molecule has 0 amide bonds. The largest absolute Gasteiger partial charge is 0.383 e. The fourth-order valence-corrected chi connectivity index (χ4v) is 3.68. The average Bonchev–Trinajstić information content (AvgIpc) is 3.27. The number of benzene rings is 1. The number of nitrogens with zero attached hydrogens (tertiary/aromatic N) is 3. The highest BCUT2D eigenvalue weighted by atomic mass is 15.1. The van der Waals surface area contributed by atoms with E-state index in [1.165, 1.54) is 11.1 Å². The lowest BCUT2D eigenvalue weighted by Crippen LogP contribution is -2.21. The van der Waals surface area contributed by atoms with E-state index in [1.807, 2.05) is 17.2 Å². The Balaban J connectivity index is 1.51. The number of likely N-dealkylation sites (tertiary alicyclic amines) is 1. The fraction of sp³-hybridized carbons (Fsp3) is 0.368. The summed E-state index contributed by atoms with van der Waals surface area (Å²) in [5.41, 5.74) is 4.80. The number of fused-ring (bicyclic) bond motifs is 1. The van der Waals surface area contributed by atoms with Gasteiger partial charge in [0.2, 0.25) is 0 Å². The SMILES string of the molecule is N#CN1CCC(CNc2cccnc2C2NCc3ccccc32)C1. The Hall–Kier alpha value is -2.58. The van der Waals surface area contributed by atoms with Gasteiger partial charge in [0.25, 0.3) is 0 Å². The molecule has 1 fully saturated rings. The summed E-state index contributed by atoms with van der Waals surface area (Å²) >= 11 is 0. The van der Waals surface area contributed by atoms with E-state index in [2.05, 4.69) is 52.1 Å². The van der Waals surface area contributed by atoms with Gasteiger partial charge in [-0.05, 0) is 35.6 Å². The first-order chi connectivity index (χ1) is 11.8. The number of hydrogen-bond acceptors (Lipinski definition) is 5. The Morgan fingerprint density at radius 3 is 3.08 bits per heavy atom. The van der Waals surface area contributed by atoms with E-state index in [-0.39, 0.29) is 6.04 Å². The second kappa shape index (κ2) is 6.50. The second-order valence-electron chi connectivity index (χ2n) is 6.53. The van der Waals surface area contributed by atoms with E-state index < -0.39 is 0 Å². The molecule has 2 atom stereocenters. The minimum absolute atomic E-state index is 0.143. The summed E-state index contributed by atoms with van der Waals surface area (Å²) in [7, 11) is 0. The van der Waals surface area contributed by atoms with E-state index in [1.54, 1.807) is 0 Å². The minimum atomic E-state index is 0.143. The van der Waals surface area contributed by atoms with Crippen LogP contribution in [0, 0.1) is 17.4 Å². The summed E-state index contributed by atoms with van der Waals surface area (Å²) in [5.74, 6) is 0.515. The van der Waals surface area contributed by atoms with Crippen LogP contribution in [0.15, 0.2) is 42.6 Å². The average molecular weight is 319 g/mol. The van der Waals surface area contributed by atoms with Gasteiger partial charge in [0.15, 0.2) is 6.19 Å². The van der Waals surface area contributed by atoms with Gasteiger partial charge in [-0.1, -0.05) is 24.3 Å². The van der Waals surface area contributed by atoms with Gasteiger partial charge in [-0.25, -0.2) is 0 Å². The standard InChI is InChI=1S/C19H21N5/c20-13-24-9-7-14(12-24)10-22-17-6-3-8-21-19(17)18-16-5-2-1-4-15(16)11-23-18/h1-6,8,14,18,22-23H,7,9-12H2. The predicted octanol–water partition coefficient (Wildman–Crippen LogP) is 2.49. The zero-order chi connectivity index (χ0) is 16.4. The first kappa shape index (κ1) is 15.0. The highest BCUT2D eigenvalue weighted by Gasteiger charge is 2.27. The van der Waals surface area contributed by atoms with Crippen LogP contribution in [-0.2, 0) is 6.54 Å². The Labute approximate surface area is 142 Å². The van der Waals surface area contributed by atoms with Crippen LogP contribution < -0.4 is 10.6 Å². The maximum Gasteiger partial charge on any atom is 0.179 e. The lowest BCUT2D eigenvalue weighted by atomic mass is 10.0.